The van der Waals surface area contributed by atoms with E-state index in [0.717, 1.165) is 23.3 Å². The molecule has 28 heavy (non-hydrogen) atoms. The fraction of sp³-hybridized carbons (Fsp3) is 0.350. The monoisotopic (exact) mass is 404 g/mol. The highest BCUT2D eigenvalue weighted by Crippen LogP contribution is 2.17. The van der Waals surface area contributed by atoms with Gasteiger partial charge in [-0.3, -0.25) is 4.99 Å². The minimum absolute atomic E-state index is 0.278. The Labute approximate surface area is 167 Å². The van der Waals surface area contributed by atoms with Gasteiger partial charge in [0, 0.05) is 34.2 Å². The number of benzene rings is 2. The van der Waals surface area contributed by atoms with E-state index in [0.29, 0.717) is 19.0 Å². The Hall–Kier alpha value is -2.58. The van der Waals surface area contributed by atoms with Crippen LogP contribution in [0.1, 0.15) is 11.1 Å². The molecule has 0 saturated carbocycles. The van der Waals surface area contributed by atoms with Gasteiger partial charge in [0.25, 0.3) is 0 Å². The smallest absolute Gasteiger partial charge is 0.242 e. The molecule has 0 radical (unpaired) electrons. The molecule has 2 aromatic rings. The maximum Gasteiger partial charge on any atom is 0.242 e. The van der Waals surface area contributed by atoms with Crippen molar-refractivity contribution in [2.24, 2.45) is 4.99 Å². The van der Waals surface area contributed by atoms with Crippen molar-refractivity contribution in [3.63, 3.8) is 0 Å². The first kappa shape index (κ1) is 21.7. The molecule has 0 aliphatic carbocycles. The van der Waals surface area contributed by atoms with E-state index in [-0.39, 0.29) is 4.90 Å². The summed E-state index contributed by atoms with van der Waals surface area (Å²) in [5.41, 5.74) is 2.09. The number of para-hydroxylation sites is 1. The van der Waals surface area contributed by atoms with Crippen LogP contribution in [0.5, 0.6) is 5.75 Å². The van der Waals surface area contributed by atoms with E-state index in [1.165, 1.54) is 18.4 Å². The van der Waals surface area contributed by atoms with E-state index in [1.54, 1.807) is 38.4 Å². The van der Waals surface area contributed by atoms with Crippen molar-refractivity contribution in [2.45, 2.75) is 17.9 Å². The molecular formula is C20H28N4O3S. The number of hydrogen-bond donors (Lipinski definition) is 2. The Morgan fingerprint density at radius 2 is 1.75 bits per heavy atom. The Kier molecular flexibility index (Phi) is 7.83. The van der Waals surface area contributed by atoms with Gasteiger partial charge in [-0.2, -0.15) is 0 Å². The van der Waals surface area contributed by atoms with E-state index in [4.69, 9.17) is 4.74 Å². The largest absolute Gasteiger partial charge is 0.496 e. The number of hydrogen-bond acceptors (Lipinski definition) is 4. The molecule has 2 rings (SSSR count). The molecule has 0 aromatic heterocycles. The molecule has 0 aliphatic heterocycles. The van der Waals surface area contributed by atoms with Gasteiger partial charge < -0.3 is 15.4 Å². The summed E-state index contributed by atoms with van der Waals surface area (Å²) in [6, 6.07) is 14.8. The van der Waals surface area contributed by atoms with Gasteiger partial charge in [0.1, 0.15) is 5.75 Å². The number of methoxy groups -OCH3 is 1. The van der Waals surface area contributed by atoms with Crippen molar-refractivity contribution in [2.75, 3.05) is 34.8 Å². The van der Waals surface area contributed by atoms with Crippen LogP contribution in [0.25, 0.3) is 0 Å². The molecule has 0 atom stereocenters. The topological polar surface area (TPSA) is 83.0 Å². The normalized spacial score (nSPS) is 12.1. The predicted octanol–water partition coefficient (Wildman–Crippen LogP) is 1.85. The average Bonchev–Trinajstić information content (AvgIpc) is 2.71. The van der Waals surface area contributed by atoms with Crippen LogP contribution in [0.15, 0.2) is 58.4 Å². The number of aliphatic imine (C=N–C) groups is 1. The van der Waals surface area contributed by atoms with Crippen LogP contribution in [0.4, 0.5) is 0 Å². The number of nitrogens with one attached hydrogen (secondary N) is 2. The molecule has 0 amide bonds. The molecule has 2 N–H and O–H groups in total. The maximum atomic E-state index is 12.1. The first-order valence-electron chi connectivity index (χ1n) is 8.96. The van der Waals surface area contributed by atoms with Gasteiger partial charge in [0.15, 0.2) is 5.96 Å². The summed E-state index contributed by atoms with van der Waals surface area (Å²) in [7, 11) is 3.01. The van der Waals surface area contributed by atoms with Gasteiger partial charge in [0.05, 0.1) is 12.0 Å². The average molecular weight is 405 g/mol. The third-order valence-electron chi connectivity index (χ3n) is 4.26. The third-order valence-corrected chi connectivity index (χ3v) is 6.09. The summed E-state index contributed by atoms with van der Waals surface area (Å²) in [6.07, 6.45) is 0.807. The summed E-state index contributed by atoms with van der Waals surface area (Å²) in [6.45, 7) is 1.25. The van der Waals surface area contributed by atoms with Gasteiger partial charge in [-0.1, -0.05) is 30.3 Å². The molecule has 8 heteroatoms. The molecule has 0 heterocycles. The summed E-state index contributed by atoms with van der Waals surface area (Å²) in [5, 5.41) is 6.50. The number of ether oxygens (including phenoxy) is 1. The molecule has 0 spiro atoms. The van der Waals surface area contributed by atoms with Gasteiger partial charge in [0.2, 0.25) is 10.0 Å². The van der Waals surface area contributed by atoms with Crippen LogP contribution in [0.3, 0.4) is 0 Å². The molecule has 7 nitrogen and oxygen atoms in total. The lowest BCUT2D eigenvalue weighted by molar-refractivity contribution is 0.409. The van der Waals surface area contributed by atoms with Crippen molar-refractivity contribution >= 4 is 16.0 Å². The second-order valence-corrected chi connectivity index (χ2v) is 8.50. The van der Waals surface area contributed by atoms with Crippen LogP contribution in [-0.2, 0) is 23.0 Å². The minimum Gasteiger partial charge on any atom is -0.496 e. The molecule has 0 fully saturated rings. The summed E-state index contributed by atoms with van der Waals surface area (Å²) >= 11 is 0. The van der Waals surface area contributed by atoms with Crippen LogP contribution in [0, 0.1) is 0 Å². The standard InChI is InChI=1S/C20H28N4O3S/c1-21-20(22-14-13-17-7-5-6-8-19(17)27-4)23-15-16-9-11-18(12-10-16)28(25,26)24(2)3/h5-12H,13-15H2,1-4H3,(H2,21,22,23). The van der Waals surface area contributed by atoms with Crippen molar-refractivity contribution in [3.8, 4) is 5.75 Å². The van der Waals surface area contributed by atoms with Crippen LogP contribution in [0.2, 0.25) is 0 Å². The van der Waals surface area contributed by atoms with E-state index in [2.05, 4.69) is 15.6 Å². The lowest BCUT2D eigenvalue weighted by Gasteiger charge is -2.14. The number of rotatable bonds is 8. The van der Waals surface area contributed by atoms with Crippen LogP contribution >= 0.6 is 0 Å². The number of sulfonamides is 1. The van der Waals surface area contributed by atoms with Crippen LogP contribution in [-0.4, -0.2) is 53.5 Å². The zero-order valence-corrected chi connectivity index (χ0v) is 17.6. The summed E-state index contributed by atoms with van der Waals surface area (Å²) in [5.74, 6) is 1.56. The van der Waals surface area contributed by atoms with Crippen molar-refractivity contribution in [3.05, 3.63) is 59.7 Å². The highest BCUT2D eigenvalue weighted by atomic mass is 32.2. The van der Waals surface area contributed by atoms with Crippen molar-refractivity contribution in [1.82, 2.24) is 14.9 Å². The fourth-order valence-electron chi connectivity index (χ4n) is 2.62. The molecule has 152 valence electrons. The molecule has 0 unspecified atom stereocenters. The Morgan fingerprint density at radius 1 is 1.07 bits per heavy atom. The molecular weight excluding hydrogens is 376 g/mol. The van der Waals surface area contributed by atoms with E-state index < -0.39 is 10.0 Å². The van der Waals surface area contributed by atoms with Crippen molar-refractivity contribution < 1.29 is 13.2 Å². The zero-order chi connectivity index (χ0) is 20.6. The highest BCUT2D eigenvalue weighted by molar-refractivity contribution is 7.89. The maximum absolute atomic E-state index is 12.1. The lowest BCUT2D eigenvalue weighted by atomic mass is 10.1. The number of nitrogens with zero attached hydrogens (tertiary/aromatic N) is 2. The summed E-state index contributed by atoms with van der Waals surface area (Å²) < 4.78 is 30.8. The second kappa shape index (κ2) is 10.1. The Balaban J connectivity index is 1.87. The summed E-state index contributed by atoms with van der Waals surface area (Å²) in [4.78, 5) is 4.50. The first-order chi connectivity index (χ1) is 13.4. The highest BCUT2D eigenvalue weighted by Gasteiger charge is 2.16. The second-order valence-electron chi connectivity index (χ2n) is 6.35. The third kappa shape index (κ3) is 5.71. The first-order valence-corrected chi connectivity index (χ1v) is 10.4. The Bertz CT molecular complexity index is 894. The zero-order valence-electron chi connectivity index (χ0n) is 16.8. The molecule has 0 bridgehead atoms. The number of guanidine groups is 1. The Morgan fingerprint density at radius 3 is 2.36 bits per heavy atom. The van der Waals surface area contributed by atoms with E-state index in [9.17, 15) is 8.42 Å². The van der Waals surface area contributed by atoms with Gasteiger partial charge >= 0.3 is 0 Å². The molecule has 0 aliphatic rings. The van der Waals surface area contributed by atoms with E-state index >= 15 is 0 Å². The van der Waals surface area contributed by atoms with Gasteiger partial charge in [-0.05, 0) is 35.7 Å². The van der Waals surface area contributed by atoms with Gasteiger partial charge in [-0.15, -0.1) is 0 Å². The minimum atomic E-state index is -3.41. The molecule has 2 aromatic carbocycles. The lowest BCUT2D eigenvalue weighted by Crippen LogP contribution is -2.37. The fourth-order valence-corrected chi connectivity index (χ4v) is 3.52. The SMILES string of the molecule is CN=C(NCCc1ccccc1OC)NCc1ccc(S(=O)(=O)N(C)C)cc1. The van der Waals surface area contributed by atoms with Crippen molar-refractivity contribution in [1.29, 1.82) is 0 Å². The van der Waals surface area contributed by atoms with E-state index in [1.807, 2.05) is 24.3 Å². The van der Waals surface area contributed by atoms with Crippen LogP contribution < -0.4 is 15.4 Å². The van der Waals surface area contributed by atoms with Gasteiger partial charge in [-0.25, -0.2) is 12.7 Å². The predicted molar refractivity (Wildman–Crippen MR) is 112 cm³/mol. The quantitative estimate of drug-likeness (QED) is 0.518. The molecule has 0 saturated heterocycles.